The maximum atomic E-state index is 13.0. The van der Waals surface area contributed by atoms with Crippen molar-refractivity contribution in [2.75, 3.05) is 0 Å². The van der Waals surface area contributed by atoms with E-state index < -0.39 is 38.6 Å². The molecule has 1 heterocycles. The zero-order chi connectivity index (χ0) is 13.7. The van der Waals surface area contributed by atoms with E-state index in [1.165, 1.54) is 0 Å². The van der Waals surface area contributed by atoms with Crippen LogP contribution in [0.5, 0.6) is 0 Å². The van der Waals surface area contributed by atoms with Crippen LogP contribution < -0.4 is 0 Å². The molecule has 1 fully saturated rings. The highest BCUT2D eigenvalue weighted by Gasteiger charge is 2.45. The van der Waals surface area contributed by atoms with E-state index >= 15 is 0 Å². The first-order chi connectivity index (χ1) is 8.21. The standard InChI is InChI=1S/C9H5ClF3NO3S/c10-18(16,17)14-7(3-8(14)15)4-1-5(11)9(13)6(12)2-4/h1-2,7H,3H2. The first-order valence-corrected chi connectivity index (χ1v) is 6.89. The number of carbonyl (C=O) groups is 1. The van der Waals surface area contributed by atoms with E-state index in [1.807, 2.05) is 0 Å². The highest BCUT2D eigenvalue weighted by atomic mass is 35.7. The average molecular weight is 300 g/mol. The molecule has 0 saturated carbocycles. The molecule has 98 valence electrons. The van der Waals surface area contributed by atoms with Crippen molar-refractivity contribution < 1.29 is 26.4 Å². The van der Waals surface area contributed by atoms with Gasteiger partial charge < -0.3 is 0 Å². The summed E-state index contributed by atoms with van der Waals surface area (Å²) in [6, 6.07) is 0.152. The van der Waals surface area contributed by atoms with Crippen molar-refractivity contribution in [2.24, 2.45) is 0 Å². The van der Waals surface area contributed by atoms with Crippen LogP contribution >= 0.6 is 10.7 Å². The molecule has 1 aromatic carbocycles. The number of amides is 1. The van der Waals surface area contributed by atoms with E-state index in [9.17, 15) is 26.4 Å². The summed E-state index contributed by atoms with van der Waals surface area (Å²) in [5.74, 6) is -5.38. The predicted molar refractivity (Wildman–Crippen MR) is 55.3 cm³/mol. The van der Waals surface area contributed by atoms with Gasteiger partial charge in [-0.1, -0.05) is 0 Å². The van der Waals surface area contributed by atoms with Crippen molar-refractivity contribution in [3.63, 3.8) is 0 Å². The van der Waals surface area contributed by atoms with Gasteiger partial charge in [-0.25, -0.2) is 17.5 Å². The molecule has 1 amide bonds. The van der Waals surface area contributed by atoms with Crippen LogP contribution in [0.3, 0.4) is 0 Å². The second-order valence-electron chi connectivity index (χ2n) is 3.65. The molecule has 1 atom stereocenters. The van der Waals surface area contributed by atoms with Crippen molar-refractivity contribution in [2.45, 2.75) is 12.5 Å². The molecule has 4 nitrogen and oxygen atoms in total. The molecule has 0 spiro atoms. The van der Waals surface area contributed by atoms with Crippen molar-refractivity contribution in [3.8, 4) is 0 Å². The normalized spacial score (nSPS) is 19.9. The molecule has 1 saturated heterocycles. The van der Waals surface area contributed by atoms with E-state index in [4.69, 9.17) is 10.7 Å². The summed E-state index contributed by atoms with van der Waals surface area (Å²) >= 11 is 0. The molecule has 0 bridgehead atoms. The number of hydrogen-bond donors (Lipinski definition) is 0. The minimum atomic E-state index is -4.33. The van der Waals surface area contributed by atoms with Crippen LogP contribution in [0, 0.1) is 17.5 Å². The van der Waals surface area contributed by atoms with Crippen LogP contribution in [0.15, 0.2) is 12.1 Å². The van der Waals surface area contributed by atoms with Crippen LogP contribution in [0.2, 0.25) is 0 Å². The molecular weight excluding hydrogens is 295 g/mol. The summed E-state index contributed by atoms with van der Waals surface area (Å²) < 4.78 is 61.1. The van der Waals surface area contributed by atoms with E-state index in [0.29, 0.717) is 16.4 Å². The van der Waals surface area contributed by atoms with Gasteiger partial charge in [-0.15, -0.1) is 0 Å². The van der Waals surface area contributed by atoms with Gasteiger partial charge in [0.1, 0.15) is 0 Å². The third-order valence-corrected chi connectivity index (χ3v) is 3.90. The van der Waals surface area contributed by atoms with Gasteiger partial charge in [0.25, 0.3) is 0 Å². The van der Waals surface area contributed by atoms with Crippen LogP contribution in [0.1, 0.15) is 18.0 Å². The van der Waals surface area contributed by atoms with E-state index in [2.05, 4.69) is 0 Å². The molecule has 0 aliphatic carbocycles. The van der Waals surface area contributed by atoms with E-state index in [1.54, 1.807) is 0 Å². The van der Waals surface area contributed by atoms with Gasteiger partial charge >= 0.3 is 9.24 Å². The second-order valence-corrected chi connectivity index (χ2v) is 6.04. The molecule has 1 aliphatic rings. The second kappa shape index (κ2) is 4.13. The van der Waals surface area contributed by atoms with Gasteiger partial charge in [-0.2, -0.15) is 8.42 Å². The molecular formula is C9H5ClF3NO3S. The van der Waals surface area contributed by atoms with Crippen molar-refractivity contribution in [1.82, 2.24) is 4.31 Å². The summed E-state index contributed by atoms with van der Waals surface area (Å²) in [6.07, 6.45) is -0.267. The van der Waals surface area contributed by atoms with Gasteiger partial charge in [-0.3, -0.25) is 4.79 Å². The van der Waals surface area contributed by atoms with Crippen molar-refractivity contribution in [1.29, 1.82) is 0 Å². The molecule has 0 aromatic heterocycles. The number of β-lactam (4-membered cyclic amide) rings is 1. The number of carbonyl (C=O) groups excluding carboxylic acids is 1. The summed E-state index contributed by atoms with van der Waals surface area (Å²) in [5.41, 5.74) is -0.171. The number of benzene rings is 1. The maximum Gasteiger partial charge on any atom is 0.324 e. The Labute approximate surface area is 105 Å². The molecule has 1 aliphatic heterocycles. The number of hydrogen-bond acceptors (Lipinski definition) is 3. The monoisotopic (exact) mass is 299 g/mol. The number of halogens is 4. The topological polar surface area (TPSA) is 54.5 Å². The quantitative estimate of drug-likeness (QED) is 0.476. The average Bonchev–Trinajstić information content (AvgIpc) is 2.19. The minimum absolute atomic E-state index is 0.171. The van der Waals surface area contributed by atoms with E-state index in [-0.39, 0.29) is 12.0 Å². The molecule has 0 N–H and O–H groups in total. The van der Waals surface area contributed by atoms with Gasteiger partial charge in [-0.05, 0) is 17.7 Å². The fourth-order valence-electron chi connectivity index (χ4n) is 1.69. The van der Waals surface area contributed by atoms with Crippen LogP contribution in [0.25, 0.3) is 0 Å². The molecule has 2 rings (SSSR count). The molecule has 9 heteroatoms. The van der Waals surface area contributed by atoms with Crippen LogP contribution in [-0.4, -0.2) is 18.6 Å². The zero-order valence-corrected chi connectivity index (χ0v) is 10.1. The number of rotatable bonds is 2. The molecule has 0 radical (unpaired) electrons. The maximum absolute atomic E-state index is 13.0. The third kappa shape index (κ3) is 2.05. The Kier molecular flexibility index (Phi) is 3.02. The Morgan fingerprint density at radius 3 is 2.11 bits per heavy atom. The third-order valence-electron chi connectivity index (χ3n) is 2.52. The number of nitrogens with zero attached hydrogens (tertiary/aromatic N) is 1. The van der Waals surface area contributed by atoms with Crippen LogP contribution in [-0.2, 0) is 14.0 Å². The van der Waals surface area contributed by atoms with Crippen LogP contribution in [0.4, 0.5) is 13.2 Å². The molecule has 1 unspecified atom stereocenters. The fraction of sp³-hybridized carbons (Fsp3) is 0.222. The minimum Gasteiger partial charge on any atom is -0.274 e. The first-order valence-electron chi connectivity index (χ1n) is 4.63. The van der Waals surface area contributed by atoms with Crippen molar-refractivity contribution >= 4 is 25.8 Å². The largest absolute Gasteiger partial charge is 0.324 e. The summed E-state index contributed by atoms with van der Waals surface area (Å²) in [4.78, 5) is 11.1. The Balaban J connectivity index is 2.43. The Morgan fingerprint density at radius 1 is 1.22 bits per heavy atom. The first kappa shape index (κ1) is 13.2. The lowest BCUT2D eigenvalue weighted by atomic mass is 9.97. The fourth-order valence-corrected chi connectivity index (χ4v) is 3.03. The summed E-state index contributed by atoms with van der Waals surface area (Å²) in [5, 5.41) is 0. The van der Waals surface area contributed by atoms with Gasteiger partial charge in [0.15, 0.2) is 17.5 Å². The Bertz CT molecular complexity index is 611. The van der Waals surface area contributed by atoms with Crippen molar-refractivity contribution in [3.05, 3.63) is 35.1 Å². The lowest BCUT2D eigenvalue weighted by Gasteiger charge is -2.37. The highest BCUT2D eigenvalue weighted by molar-refractivity contribution is 8.12. The lowest BCUT2D eigenvalue weighted by Crippen LogP contribution is -2.48. The summed E-state index contributed by atoms with van der Waals surface area (Å²) in [6.45, 7) is 0. The SMILES string of the molecule is O=C1CC(c2cc(F)c(F)c(F)c2)N1S(=O)(=O)Cl. The lowest BCUT2D eigenvalue weighted by molar-refractivity contribution is -0.137. The predicted octanol–water partition coefficient (Wildman–Crippen LogP) is 1.86. The van der Waals surface area contributed by atoms with E-state index in [0.717, 1.165) is 0 Å². The smallest absolute Gasteiger partial charge is 0.274 e. The van der Waals surface area contributed by atoms with Gasteiger partial charge in [0.2, 0.25) is 5.91 Å². The molecule has 18 heavy (non-hydrogen) atoms. The summed E-state index contributed by atoms with van der Waals surface area (Å²) in [7, 11) is 0.670. The molecule has 1 aromatic rings. The highest BCUT2D eigenvalue weighted by Crippen LogP contribution is 2.38. The Morgan fingerprint density at radius 2 is 1.72 bits per heavy atom. The zero-order valence-electron chi connectivity index (χ0n) is 8.53. The van der Waals surface area contributed by atoms with Gasteiger partial charge in [0, 0.05) is 10.7 Å². The van der Waals surface area contributed by atoms with Gasteiger partial charge in [0.05, 0.1) is 12.5 Å². The Hall–Kier alpha value is -1.28.